The molecule has 1 aliphatic heterocycles. The van der Waals surface area contributed by atoms with E-state index in [1.54, 1.807) is 6.92 Å². The predicted octanol–water partition coefficient (Wildman–Crippen LogP) is -0.104. The maximum absolute atomic E-state index is 11.5. The lowest BCUT2D eigenvalue weighted by atomic mass is 10.2. The molecule has 19 heavy (non-hydrogen) atoms. The van der Waals surface area contributed by atoms with Crippen molar-refractivity contribution in [3.63, 3.8) is 0 Å². The molecule has 0 saturated carbocycles. The van der Waals surface area contributed by atoms with Crippen LogP contribution in [-0.2, 0) is 28.5 Å². The van der Waals surface area contributed by atoms with Gasteiger partial charge >= 0.3 is 5.97 Å². The van der Waals surface area contributed by atoms with E-state index in [0.29, 0.717) is 12.2 Å². The number of hydrogen-bond acceptors (Lipinski definition) is 7. The van der Waals surface area contributed by atoms with Gasteiger partial charge < -0.3 is 24.1 Å². The Hall–Kier alpha value is -2.02. The molecule has 0 aliphatic carbocycles. The van der Waals surface area contributed by atoms with Crippen molar-refractivity contribution in [2.45, 2.75) is 19.1 Å². The zero-order chi connectivity index (χ0) is 14.3. The second-order valence-electron chi connectivity index (χ2n) is 3.72. The van der Waals surface area contributed by atoms with Crippen LogP contribution in [0, 0.1) is 0 Å². The average molecular weight is 272 g/mol. The smallest absolute Gasteiger partial charge is 0.351 e. The molecule has 2 unspecified atom stereocenters. The van der Waals surface area contributed by atoms with E-state index in [1.165, 1.54) is 19.3 Å². The first-order chi connectivity index (χ1) is 9.10. The van der Waals surface area contributed by atoms with Crippen molar-refractivity contribution in [1.29, 1.82) is 0 Å². The normalized spacial score (nSPS) is 28.2. The minimum Gasteiger partial charge on any atom is -0.487 e. The van der Waals surface area contributed by atoms with E-state index in [-0.39, 0.29) is 12.4 Å². The van der Waals surface area contributed by atoms with Gasteiger partial charge in [-0.2, -0.15) is 0 Å². The summed E-state index contributed by atoms with van der Waals surface area (Å²) >= 11 is 0. The van der Waals surface area contributed by atoms with Crippen LogP contribution >= 0.6 is 0 Å². The molecule has 1 rings (SSSR count). The molecule has 0 amide bonds. The number of hydrogen-bond donors (Lipinski definition) is 1. The Morgan fingerprint density at radius 1 is 1.47 bits per heavy atom. The van der Waals surface area contributed by atoms with Crippen molar-refractivity contribution in [2.75, 3.05) is 20.3 Å². The van der Waals surface area contributed by atoms with Crippen molar-refractivity contribution in [3.8, 4) is 0 Å². The largest absolute Gasteiger partial charge is 0.487 e. The Kier molecular flexibility index (Phi) is 5.87. The molecule has 0 saturated heterocycles. The second-order valence-corrected chi connectivity index (χ2v) is 3.72. The molecule has 1 aliphatic rings. The van der Waals surface area contributed by atoms with Crippen LogP contribution in [0.5, 0.6) is 0 Å². The summed E-state index contributed by atoms with van der Waals surface area (Å²) in [5, 5.41) is 9.16. The second kappa shape index (κ2) is 7.42. The van der Waals surface area contributed by atoms with Crippen molar-refractivity contribution in [1.82, 2.24) is 0 Å². The van der Waals surface area contributed by atoms with Crippen molar-refractivity contribution in [3.05, 3.63) is 23.7 Å². The minimum atomic E-state index is -0.990. The lowest BCUT2D eigenvalue weighted by Gasteiger charge is -2.23. The Morgan fingerprint density at radius 2 is 2.21 bits per heavy atom. The van der Waals surface area contributed by atoms with Gasteiger partial charge in [0.25, 0.3) is 6.47 Å². The fraction of sp³-hybridized carbons (Fsp3) is 0.500. The van der Waals surface area contributed by atoms with Crippen LogP contribution in [-0.4, -0.2) is 50.1 Å². The van der Waals surface area contributed by atoms with E-state index >= 15 is 0 Å². The van der Waals surface area contributed by atoms with E-state index in [4.69, 9.17) is 14.6 Å². The molecule has 0 bridgehead atoms. The highest BCUT2D eigenvalue weighted by atomic mass is 16.6. The molecule has 0 aromatic heterocycles. The van der Waals surface area contributed by atoms with Crippen LogP contribution in [0.15, 0.2) is 23.7 Å². The number of allylic oxidation sites excluding steroid dienone is 1. The molecule has 0 aromatic rings. The number of rotatable bonds is 5. The first-order valence-corrected chi connectivity index (χ1v) is 5.57. The summed E-state index contributed by atoms with van der Waals surface area (Å²) in [5.41, 5.74) is 0. The van der Waals surface area contributed by atoms with E-state index < -0.39 is 24.8 Å². The summed E-state index contributed by atoms with van der Waals surface area (Å²) in [7, 11) is 1.23. The van der Waals surface area contributed by atoms with Gasteiger partial charge in [0.1, 0.15) is 19.0 Å². The maximum Gasteiger partial charge on any atom is 0.351 e. The van der Waals surface area contributed by atoms with Gasteiger partial charge in [0, 0.05) is 6.08 Å². The van der Waals surface area contributed by atoms with Gasteiger partial charge in [-0.1, -0.05) is 0 Å². The van der Waals surface area contributed by atoms with Crippen LogP contribution < -0.4 is 0 Å². The first kappa shape index (κ1) is 15.0. The third kappa shape index (κ3) is 4.63. The Balaban J connectivity index is 2.87. The molecular formula is C12H16O7. The summed E-state index contributed by atoms with van der Waals surface area (Å²) in [5.74, 6) is -0.0494. The molecule has 7 heteroatoms. The molecule has 0 aromatic carbocycles. The van der Waals surface area contributed by atoms with Crippen LogP contribution in [0.2, 0.25) is 0 Å². The molecule has 0 radical (unpaired) electrons. The SMILES string of the molecule is COC(=O)C1/C=C(/C)OC(COC=O)/C=C(/CO)O1. The quantitative estimate of drug-likeness (QED) is 0.551. The van der Waals surface area contributed by atoms with E-state index in [0.717, 1.165) is 0 Å². The number of aliphatic hydroxyl groups excluding tert-OH is 1. The van der Waals surface area contributed by atoms with Crippen LogP contribution in [0.1, 0.15) is 6.92 Å². The third-order valence-electron chi connectivity index (χ3n) is 2.29. The van der Waals surface area contributed by atoms with Gasteiger partial charge in [0.05, 0.1) is 12.9 Å². The molecule has 1 heterocycles. The van der Waals surface area contributed by atoms with Crippen LogP contribution in [0.25, 0.3) is 0 Å². The molecular weight excluding hydrogens is 256 g/mol. The highest BCUT2D eigenvalue weighted by molar-refractivity contribution is 5.77. The zero-order valence-electron chi connectivity index (χ0n) is 10.7. The molecule has 0 fully saturated rings. The van der Waals surface area contributed by atoms with E-state index in [1.807, 2.05) is 0 Å². The van der Waals surface area contributed by atoms with Crippen molar-refractivity contribution < 1.29 is 33.6 Å². The average Bonchev–Trinajstić information content (AvgIpc) is 2.39. The summed E-state index contributed by atoms with van der Waals surface area (Å²) in [6.07, 6.45) is 1.27. The molecule has 2 atom stereocenters. The zero-order valence-corrected chi connectivity index (χ0v) is 10.7. The Morgan fingerprint density at radius 3 is 2.79 bits per heavy atom. The number of carbonyl (C=O) groups excluding carboxylic acids is 2. The number of ether oxygens (including phenoxy) is 4. The van der Waals surface area contributed by atoms with Gasteiger partial charge in [0.15, 0.2) is 6.10 Å². The number of carbonyl (C=O) groups is 2. The van der Waals surface area contributed by atoms with Gasteiger partial charge in [0.2, 0.25) is 6.10 Å². The van der Waals surface area contributed by atoms with E-state index in [9.17, 15) is 9.59 Å². The van der Waals surface area contributed by atoms with E-state index in [2.05, 4.69) is 9.47 Å². The van der Waals surface area contributed by atoms with Crippen molar-refractivity contribution in [2.24, 2.45) is 0 Å². The monoisotopic (exact) mass is 272 g/mol. The summed E-state index contributed by atoms with van der Waals surface area (Å²) in [4.78, 5) is 21.6. The minimum absolute atomic E-state index is 0.0234. The molecule has 7 nitrogen and oxygen atoms in total. The Bertz CT molecular complexity index is 386. The lowest BCUT2D eigenvalue weighted by Crippen LogP contribution is -2.28. The molecule has 0 spiro atoms. The number of esters is 1. The van der Waals surface area contributed by atoms with Crippen LogP contribution in [0.4, 0.5) is 0 Å². The summed E-state index contributed by atoms with van der Waals surface area (Å²) in [6, 6.07) is 0. The molecule has 106 valence electrons. The molecule has 1 N–H and O–H groups in total. The fourth-order valence-corrected chi connectivity index (χ4v) is 1.51. The Labute approximate surface area is 110 Å². The standard InChI is InChI=1S/C12H16O7/c1-8-3-11(12(15)16-2)19-9(5-13)4-10(18-8)6-17-7-14/h3-4,7,10-11,13H,5-6H2,1-2H3/b8-3-,9-4-. The van der Waals surface area contributed by atoms with Gasteiger partial charge in [-0.05, 0) is 13.0 Å². The first-order valence-electron chi connectivity index (χ1n) is 5.57. The van der Waals surface area contributed by atoms with Gasteiger partial charge in [-0.3, -0.25) is 4.79 Å². The highest BCUT2D eigenvalue weighted by Crippen LogP contribution is 2.16. The highest BCUT2D eigenvalue weighted by Gasteiger charge is 2.24. The van der Waals surface area contributed by atoms with Gasteiger partial charge in [-0.25, -0.2) is 4.79 Å². The third-order valence-corrected chi connectivity index (χ3v) is 2.29. The van der Waals surface area contributed by atoms with Crippen molar-refractivity contribution >= 4 is 12.4 Å². The lowest BCUT2D eigenvalue weighted by molar-refractivity contribution is -0.149. The van der Waals surface area contributed by atoms with Crippen LogP contribution in [0.3, 0.4) is 0 Å². The van der Waals surface area contributed by atoms with Gasteiger partial charge in [-0.15, -0.1) is 0 Å². The maximum atomic E-state index is 11.5. The summed E-state index contributed by atoms with van der Waals surface area (Å²) < 4.78 is 19.9. The predicted molar refractivity (Wildman–Crippen MR) is 62.7 cm³/mol. The topological polar surface area (TPSA) is 91.3 Å². The number of aliphatic hydroxyl groups is 1. The summed E-state index contributed by atoms with van der Waals surface area (Å²) in [6.45, 7) is 1.49. The fourth-order valence-electron chi connectivity index (χ4n) is 1.51. The number of methoxy groups -OCH3 is 1.